The molecule has 6 nitrogen and oxygen atoms in total. The fourth-order valence-electron chi connectivity index (χ4n) is 2.07. The Balaban J connectivity index is 1.78. The molecule has 1 aromatic heterocycles. The zero-order chi connectivity index (χ0) is 15.1. The van der Waals surface area contributed by atoms with Gasteiger partial charge in [-0.15, -0.1) is 5.10 Å². The number of para-hydroxylation sites is 1. The van der Waals surface area contributed by atoms with E-state index in [1.54, 1.807) is 0 Å². The van der Waals surface area contributed by atoms with Crippen molar-refractivity contribution in [1.82, 2.24) is 25.1 Å². The summed E-state index contributed by atoms with van der Waals surface area (Å²) in [6.07, 6.45) is 1.03. The highest BCUT2D eigenvalue weighted by Crippen LogP contribution is 2.15. The summed E-state index contributed by atoms with van der Waals surface area (Å²) in [5, 5.41) is 11.8. The van der Waals surface area contributed by atoms with Gasteiger partial charge in [0.15, 0.2) is 5.82 Å². The first-order valence-electron chi connectivity index (χ1n) is 7.32. The molecular weight excluding hydrogens is 266 g/mol. The number of aryl methyl sites for hydroxylation is 2. The summed E-state index contributed by atoms with van der Waals surface area (Å²) in [4.78, 5) is 2.16. The van der Waals surface area contributed by atoms with Gasteiger partial charge >= 0.3 is 0 Å². The van der Waals surface area contributed by atoms with Crippen LogP contribution >= 0.6 is 0 Å². The lowest BCUT2D eigenvalue weighted by molar-refractivity contribution is 0.226. The van der Waals surface area contributed by atoms with E-state index in [1.165, 1.54) is 0 Å². The molecule has 0 unspecified atom stereocenters. The lowest BCUT2D eigenvalue weighted by atomic mass is 10.2. The molecule has 2 aromatic rings. The normalized spacial score (nSPS) is 11.0. The minimum Gasteiger partial charge on any atom is -0.492 e. The largest absolute Gasteiger partial charge is 0.492 e. The smallest absolute Gasteiger partial charge is 0.165 e. The third-order valence-electron chi connectivity index (χ3n) is 3.28. The van der Waals surface area contributed by atoms with Crippen molar-refractivity contribution in [3.05, 3.63) is 35.7 Å². The third kappa shape index (κ3) is 4.53. The molecule has 0 atom stereocenters. The summed E-state index contributed by atoms with van der Waals surface area (Å²) < 4.78 is 7.66. The monoisotopic (exact) mass is 289 g/mol. The summed E-state index contributed by atoms with van der Waals surface area (Å²) in [6.45, 7) is 7.23. The van der Waals surface area contributed by atoms with Crippen LogP contribution in [0.2, 0.25) is 0 Å². The molecule has 1 heterocycles. The van der Waals surface area contributed by atoms with Gasteiger partial charge in [-0.3, -0.25) is 4.90 Å². The Morgan fingerprint density at radius 2 is 2.10 bits per heavy atom. The van der Waals surface area contributed by atoms with Crippen LogP contribution in [0.25, 0.3) is 0 Å². The summed E-state index contributed by atoms with van der Waals surface area (Å²) in [6, 6.07) is 8.06. The van der Waals surface area contributed by atoms with Crippen LogP contribution in [0.15, 0.2) is 24.3 Å². The molecule has 0 fully saturated rings. The topological polar surface area (TPSA) is 56.1 Å². The van der Waals surface area contributed by atoms with Gasteiger partial charge in [-0.1, -0.05) is 25.1 Å². The minimum absolute atomic E-state index is 0.650. The molecule has 2 rings (SSSR count). The predicted octanol–water partition coefficient (Wildman–Crippen LogP) is 1.90. The second-order valence-corrected chi connectivity index (χ2v) is 5.17. The first-order valence-corrected chi connectivity index (χ1v) is 7.32. The van der Waals surface area contributed by atoms with Crippen LogP contribution in [0.1, 0.15) is 24.7 Å². The average Bonchev–Trinajstić information content (AvgIpc) is 2.89. The fourth-order valence-corrected chi connectivity index (χ4v) is 2.07. The Morgan fingerprint density at radius 3 is 2.86 bits per heavy atom. The van der Waals surface area contributed by atoms with Gasteiger partial charge in [0.2, 0.25) is 0 Å². The summed E-state index contributed by atoms with van der Waals surface area (Å²) in [5.74, 6) is 1.84. The van der Waals surface area contributed by atoms with Crippen molar-refractivity contribution < 1.29 is 4.74 Å². The standard InChI is InChI=1S/C15H23N5O/c1-4-9-20-15(16-17-18-20)12-19(3)10-11-21-14-8-6-5-7-13(14)2/h5-8H,4,9-12H2,1-3H3. The van der Waals surface area contributed by atoms with Crippen molar-refractivity contribution in [2.24, 2.45) is 0 Å². The van der Waals surface area contributed by atoms with Crippen molar-refractivity contribution in [3.63, 3.8) is 0 Å². The maximum atomic E-state index is 5.80. The van der Waals surface area contributed by atoms with E-state index in [1.807, 2.05) is 29.9 Å². The number of likely N-dealkylation sites (N-methyl/N-ethyl adjacent to an activating group) is 1. The van der Waals surface area contributed by atoms with Crippen LogP contribution in [-0.4, -0.2) is 45.3 Å². The number of aromatic nitrogens is 4. The number of benzene rings is 1. The Labute approximate surface area is 125 Å². The lowest BCUT2D eigenvalue weighted by Crippen LogP contribution is -2.26. The van der Waals surface area contributed by atoms with Gasteiger partial charge in [-0.05, 0) is 42.4 Å². The number of rotatable bonds is 8. The minimum atomic E-state index is 0.650. The maximum absolute atomic E-state index is 5.80. The number of hydrogen-bond donors (Lipinski definition) is 0. The molecule has 1 aromatic carbocycles. The van der Waals surface area contributed by atoms with E-state index in [0.29, 0.717) is 6.61 Å². The van der Waals surface area contributed by atoms with Crippen LogP contribution in [0.3, 0.4) is 0 Å². The quantitative estimate of drug-likeness (QED) is 0.743. The summed E-state index contributed by atoms with van der Waals surface area (Å²) in [7, 11) is 2.05. The van der Waals surface area contributed by atoms with Crippen molar-refractivity contribution in [2.45, 2.75) is 33.4 Å². The maximum Gasteiger partial charge on any atom is 0.165 e. The van der Waals surface area contributed by atoms with Crippen LogP contribution in [-0.2, 0) is 13.1 Å². The number of hydrogen-bond acceptors (Lipinski definition) is 5. The van der Waals surface area contributed by atoms with E-state index in [4.69, 9.17) is 4.74 Å². The summed E-state index contributed by atoms with van der Waals surface area (Å²) in [5.41, 5.74) is 1.16. The van der Waals surface area contributed by atoms with Gasteiger partial charge in [0.25, 0.3) is 0 Å². The molecular formula is C15H23N5O. The van der Waals surface area contributed by atoms with E-state index in [-0.39, 0.29) is 0 Å². The van der Waals surface area contributed by atoms with Gasteiger partial charge < -0.3 is 4.74 Å². The summed E-state index contributed by atoms with van der Waals surface area (Å²) >= 11 is 0. The SMILES string of the molecule is CCCn1nnnc1CN(C)CCOc1ccccc1C. The Morgan fingerprint density at radius 1 is 1.29 bits per heavy atom. The van der Waals surface area contributed by atoms with E-state index in [0.717, 1.165) is 43.2 Å². The molecule has 0 spiro atoms. The van der Waals surface area contributed by atoms with E-state index >= 15 is 0 Å². The molecule has 0 aliphatic rings. The number of tetrazole rings is 1. The van der Waals surface area contributed by atoms with Crippen LogP contribution < -0.4 is 4.74 Å². The molecule has 114 valence electrons. The van der Waals surface area contributed by atoms with Crippen LogP contribution in [0, 0.1) is 6.92 Å². The Hall–Kier alpha value is -1.95. The van der Waals surface area contributed by atoms with Gasteiger partial charge in [0.1, 0.15) is 12.4 Å². The number of ether oxygens (including phenoxy) is 1. The molecule has 0 saturated carbocycles. The Bertz CT molecular complexity index is 555. The van der Waals surface area contributed by atoms with E-state index in [9.17, 15) is 0 Å². The third-order valence-corrected chi connectivity index (χ3v) is 3.28. The van der Waals surface area contributed by atoms with Crippen molar-refractivity contribution in [2.75, 3.05) is 20.2 Å². The van der Waals surface area contributed by atoms with Crippen LogP contribution in [0.5, 0.6) is 5.75 Å². The zero-order valence-corrected chi connectivity index (χ0v) is 13.0. The molecule has 0 amide bonds. The average molecular weight is 289 g/mol. The fraction of sp³-hybridized carbons (Fsp3) is 0.533. The van der Waals surface area contributed by atoms with E-state index in [2.05, 4.69) is 40.3 Å². The molecule has 0 bridgehead atoms. The Kier molecular flexibility index (Phi) is 5.68. The van der Waals surface area contributed by atoms with Crippen molar-refractivity contribution in [3.8, 4) is 5.75 Å². The van der Waals surface area contributed by atoms with Crippen molar-refractivity contribution in [1.29, 1.82) is 0 Å². The zero-order valence-electron chi connectivity index (χ0n) is 13.0. The second-order valence-electron chi connectivity index (χ2n) is 5.17. The highest BCUT2D eigenvalue weighted by atomic mass is 16.5. The van der Waals surface area contributed by atoms with Gasteiger partial charge in [-0.25, -0.2) is 4.68 Å². The highest BCUT2D eigenvalue weighted by molar-refractivity contribution is 5.31. The first kappa shape index (κ1) is 15.4. The molecule has 0 aliphatic heterocycles. The predicted molar refractivity (Wildman–Crippen MR) is 81.1 cm³/mol. The first-order chi connectivity index (χ1) is 10.2. The molecule has 6 heteroatoms. The van der Waals surface area contributed by atoms with Gasteiger partial charge in [0, 0.05) is 13.1 Å². The molecule has 0 aliphatic carbocycles. The number of nitrogens with zero attached hydrogens (tertiary/aromatic N) is 5. The molecule has 0 N–H and O–H groups in total. The van der Waals surface area contributed by atoms with Gasteiger partial charge in [-0.2, -0.15) is 0 Å². The van der Waals surface area contributed by atoms with Crippen molar-refractivity contribution >= 4 is 0 Å². The second kappa shape index (κ2) is 7.73. The molecule has 21 heavy (non-hydrogen) atoms. The molecule has 0 saturated heterocycles. The molecule has 0 radical (unpaired) electrons. The van der Waals surface area contributed by atoms with Gasteiger partial charge in [0.05, 0.1) is 6.54 Å². The van der Waals surface area contributed by atoms with Crippen LogP contribution in [0.4, 0.5) is 0 Å². The van der Waals surface area contributed by atoms with E-state index < -0.39 is 0 Å². The highest BCUT2D eigenvalue weighted by Gasteiger charge is 2.08. The lowest BCUT2D eigenvalue weighted by Gasteiger charge is -2.17.